The number of hydrogen-bond donors (Lipinski definition) is 1. The van der Waals surface area contributed by atoms with Crippen molar-refractivity contribution in [2.75, 3.05) is 41.5 Å². The number of rotatable bonds is 8. The first-order valence-corrected chi connectivity index (χ1v) is 13.6. The molecule has 0 aliphatic carbocycles. The summed E-state index contributed by atoms with van der Waals surface area (Å²) in [5, 5.41) is 1.05. The average molecular weight is 556 g/mol. The molecule has 3 aromatic carbocycles. The molecule has 0 saturated carbocycles. The number of aromatic amines is 1. The molecule has 0 spiro atoms. The molecule has 1 N–H and O–H groups in total. The number of carbonyl (C=O) groups is 2. The molecule has 0 bridgehead atoms. The molecular weight excluding hydrogens is 522 g/mol. The monoisotopic (exact) mass is 555 g/mol. The third-order valence-corrected chi connectivity index (χ3v) is 8.17. The third kappa shape index (κ3) is 4.51. The summed E-state index contributed by atoms with van der Waals surface area (Å²) in [4.78, 5) is 35.0. The normalized spacial score (nSPS) is 18.2. The van der Waals surface area contributed by atoms with Crippen molar-refractivity contribution >= 4 is 22.7 Å². The largest absolute Gasteiger partial charge is 0.497 e. The first-order chi connectivity index (χ1) is 20.0. The topological polar surface area (TPSA) is 93.3 Å². The predicted octanol–water partition coefficient (Wildman–Crippen LogP) is 4.13. The fourth-order valence-electron chi connectivity index (χ4n) is 6.17. The van der Waals surface area contributed by atoms with Crippen LogP contribution in [0.3, 0.4) is 0 Å². The van der Waals surface area contributed by atoms with Crippen LogP contribution in [0.1, 0.15) is 28.4 Å². The molecule has 1 unspecified atom stereocenters. The van der Waals surface area contributed by atoms with Gasteiger partial charge < -0.3 is 33.7 Å². The van der Waals surface area contributed by atoms with E-state index in [0.29, 0.717) is 36.6 Å². The average Bonchev–Trinajstić information content (AvgIpc) is 3.38. The SMILES string of the molecule is COc1ccc(CCN2CC(=O)N3C(c4cc(OC)c(OC)c(OC)c4)c4[nH]c5ccccc5c4C[C@@H]3C2=O)cc1. The smallest absolute Gasteiger partial charge is 0.246 e. The molecule has 2 amide bonds. The van der Waals surface area contributed by atoms with Gasteiger partial charge in [0.05, 0.1) is 41.0 Å². The van der Waals surface area contributed by atoms with Gasteiger partial charge in [-0.1, -0.05) is 30.3 Å². The quantitative estimate of drug-likeness (QED) is 0.352. The Labute approximate surface area is 238 Å². The van der Waals surface area contributed by atoms with Crippen molar-refractivity contribution in [3.8, 4) is 23.0 Å². The van der Waals surface area contributed by atoms with E-state index in [1.807, 2.05) is 54.6 Å². The number of benzene rings is 3. The molecule has 6 rings (SSSR count). The molecule has 2 aliphatic rings. The van der Waals surface area contributed by atoms with Gasteiger partial charge in [-0.3, -0.25) is 9.59 Å². The van der Waals surface area contributed by atoms with Crippen LogP contribution in [-0.2, 0) is 22.4 Å². The lowest BCUT2D eigenvalue weighted by molar-refractivity contribution is -0.158. The summed E-state index contributed by atoms with van der Waals surface area (Å²) in [6, 6.07) is 18.4. The van der Waals surface area contributed by atoms with E-state index in [4.69, 9.17) is 18.9 Å². The number of piperazine rings is 1. The fourth-order valence-corrected chi connectivity index (χ4v) is 6.17. The number of aromatic nitrogens is 1. The van der Waals surface area contributed by atoms with Crippen molar-refractivity contribution in [3.63, 3.8) is 0 Å². The summed E-state index contributed by atoms with van der Waals surface area (Å²) >= 11 is 0. The minimum Gasteiger partial charge on any atom is -0.497 e. The van der Waals surface area contributed by atoms with Gasteiger partial charge >= 0.3 is 0 Å². The first-order valence-electron chi connectivity index (χ1n) is 13.6. The zero-order valence-electron chi connectivity index (χ0n) is 23.6. The van der Waals surface area contributed by atoms with E-state index in [-0.39, 0.29) is 18.4 Å². The summed E-state index contributed by atoms with van der Waals surface area (Å²) in [6.07, 6.45) is 1.08. The summed E-state index contributed by atoms with van der Waals surface area (Å²) in [6.45, 7) is 0.471. The molecule has 2 atom stereocenters. The molecule has 1 aromatic heterocycles. The Morgan fingerprint density at radius 3 is 2.24 bits per heavy atom. The molecule has 9 nitrogen and oxygen atoms in total. The maximum atomic E-state index is 14.1. The standard InChI is InChI=1S/C32H33N3O6/c1-38-21-11-9-19(10-12-21)13-14-34-18-28(36)35-25(32(34)37)17-23-22-7-5-6-8-24(22)33-29(23)30(35)20-15-26(39-2)31(41-4)27(16-20)40-3/h5-12,15-16,25,30,33H,13-14,17-18H2,1-4H3/t25-,30?/m1/s1. The van der Waals surface area contributed by atoms with E-state index in [1.54, 1.807) is 38.2 Å². The number of amides is 2. The van der Waals surface area contributed by atoms with E-state index < -0.39 is 12.1 Å². The van der Waals surface area contributed by atoms with Crippen LogP contribution in [0.2, 0.25) is 0 Å². The van der Waals surface area contributed by atoms with E-state index >= 15 is 0 Å². The number of nitrogens with one attached hydrogen (secondary N) is 1. The van der Waals surface area contributed by atoms with E-state index in [0.717, 1.165) is 39.0 Å². The van der Waals surface area contributed by atoms with Gasteiger partial charge in [-0.05, 0) is 53.4 Å². The molecule has 2 aliphatic heterocycles. The second-order valence-corrected chi connectivity index (χ2v) is 10.3. The molecule has 9 heteroatoms. The highest BCUT2D eigenvalue weighted by Crippen LogP contribution is 2.47. The highest BCUT2D eigenvalue weighted by atomic mass is 16.5. The second-order valence-electron chi connectivity index (χ2n) is 10.3. The molecule has 1 saturated heterocycles. The van der Waals surface area contributed by atoms with E-state index in [1.165, 1.54) is 0 Å². The van der Waals surface area contributed by atoms with Crippen LogP contribution in [0.15, 0.2) is 60.7 Å². The van der Waals surface area contributed by atoms with Crippen LogP contribution in [0.25, 0.3) is 10.9 Å². The summed E-state index contributed by atoms with van der Waals surface area (Å²) in [7, 11) is 6.32. The molecule has 4 aromatic rings. The van der Waals surface area contributed by atoms with E-state index in [2.05, 4.69) is 11.1 Å². The van der Waals surface area contributed by atoms with Crippen LogP contribution in [0.5, 0.6) is 23.0 Å². The minimum absolute atomic E-state index is 0.0158. The highest BCUT2D eigenvalue weighted by Gasteiger charge is 2.48. The maximum absolute atomic E-state index is 14.1. The second kappa shape index (κ2) is 10.7. The van der Waals surface area contributed by atoms with Gasteiger partial charge in [-0.15, -0.1) is 0 Å². The lowest BCUT2D eigenvalue weighted by Gasteiger charge is -2.47. The molecule has 212 valence electrons. The molecule has 41 heavy (non-hydrogen) atoms. The number of hydrogen-bond acceptors (Lipinski definition) is 6. The van der Waals surface area contributed by atoms with Gasteiger partial charge in [-0.2, -0.15) is 0 Å². The zero-order chi connectivity index (χ0) is 28.7. The van der Waals surface area contributed by atoms with E-state index in [9.17, 15) is 9.59 Å². The van der Waals surface area contributed by atoms with Crippen LogP contribution in [0.4, 0.5) is 0 Å². The lowest BCUT2D eigenvalue weighted by Crippen LogP contribution is -2.63. The summed E-state index contributed by atoms with van der Waals surface area (Å²) < 4.78 is 22.1. The number of H-pyrrole nitrogens is 1. The van der Waals surface area contributed by atoms with Crippen molar-refractivity contribution in [1.29, 1.82) is 0 Å². The van der Waals surface area contributed by atoms with Crippen molar-refractivity contribution in [2.24, 2.45) is 0 Å². The van der Waals surface area contributed by atoms with Crippen LogP contribution in [0, 0.1) is 0 Å². The Bertz CT molecular complexity index is 1590. The predicted molar refractivity (Wildman–Crippen MR) is 154 cm³/mol. The van der Waals surface area contributed by atoms with Gasteiger partial charge in [0.2, 0.25) is 17.6 Å². The number of fused-ring (bicyclic) bond motifs is 4. The molecule has 0 radical (unpaired) electrons. The maximum Gasteiger partial charge on any atom is 0.246 e. The summed E-state index contributed by atoms with van der Waals surface area (Å²) in [5.74, 6) is 2.06. The molecule has 1 fully saturated rings. The summed E-state index contributed by atoms with van der Waals surface area (Å²) in [5.41, 5.74) is 4.74. The van der Waals surface area contributed by atoms with Crippen molar-refractivity contribution in [1.82, 2.24) is 14.8 Å². The van der Waals surface area contributed by atoms with Gasteiger partial charge in [-0.25, -0.2) is 0 Å². The molecule has 3 heterocycles. The van der Waals surface area contributed by atoms with Gasteiger partial charge in [0.1, 0.15) is 11.8 Å². The Balaban J connectivity index is 1.41. The van der Waals surface area contributed by atoms with Gasteiger partial charge in [0, 0.05) is 29.6 Å². The molecular formula is C32H33N3O6. The van der Waals surface area contributed by atoms with Crippen molar-refractivity contribution in [2.45, 2.75) is 24.9 Å². The Morgan fingerprint density at radius 2 is 1.59 bits per heavy atom. The zero-order valence-corrected chi connectivity index (χ0v) is 23.6. The third-order valence-electron chi connectivity index (χ3n) is 8.17. The van der Waals surface area contributed by atoms with Crippen LogP contribution < -0.4 is 18.9 Å². The number of methoxy groups -OCH3 is 4. The number of para-hydroxylation sites is 1. The lowest BCUT2D eigenvalue weighted by atomic mass is 9.86. The van der Waals surface area contributed by atoms with Gasteiger partial charge in [0.25, 0.3) is 0 Å². The first kappa shape index (κ1) is 26.6. The van der Waals surface area contributed by atoms with Crippen LogP contribution in [-0.4, -0.2) is 74.2 Å². The van der Waals surface area contributed by atoms with Gasteiger partial charge in [0.15, 0.2) is 11.5 Å². The number of ether oxygens (including phenoxy) is 4. The Kier molecular flexibility index (Phi) is 6.95. The minimum atomic E-state index is -0.636. The number of carbonyl (C=O) groups excluding carboxylic acids is 2. The van der Waals surface area contributed by atoms with Crippen molar-refractivity contribution in [3.05, 3.63) is 83.0 Å². The fraction of sp³-hybridized carbons (Fsp3) is 0.312. The van der Waals surface area contributed by atoms with Crippen molar-refractivity contribution < 1.29 is 28.5 Å². The highest BCUT2D eigenvalue weighted by molar-refractivity contribution is 5.97. The Hall–Kier alpha value is -4.66. The van der Waals surface area contributed by atoms with Crippen LogP contribution >= 0.6 is 0 Å². The Morgan fingerprint density at radius 1 is 0.878 bits per heavy atom. The number of nitrogens with zero attached hydrogens (tertiary/aromatic N) is 2.